The molecule has 6 N–H and O–H groups in total. The van der Waals surface area contributed by atoms with Crippen LogP contribution in [0.5, 0.6) is 0 Å². The smallest absolute Gasteiger partial charge is 0.110 e. The molecule has 0 aliphatic heterocycles. The zero-order valence-corrected chi connectivity index (χ0v) is 7.18. The van der Waals surface area contributed by atoms with E-state index in [1.807, 2.05) is 0 Å². The summed E-state index contributed by atoms with van der Waals surface area (Å²) in [6.45, 7) is -0.637. The van der Waals surface area contributed by atoms with Gasteiger partial charge in [0.25, 0.3) is 0 Å². The van der Waals surface area contributed by atoms with Crippen molar-refractivity contribution in [3.05, 3.63) is 0 Å². The summed E-state index contributed by atoms with van der Waals surface area (Å²) in [4.78, 5) is 0. The van der Waals surface area contributed by atoms with Crippen LogP contribution in [0.4, 0.5) is 0 Å². The number of thiocarbonyl (C=S) groups is 1. The molecule has 0 spiro atoms. The molecular formula is C6H13NO4S. The third kappa shape index (κ3) is 3.10. The quantitative estimate of drug-likeness (QED) is 0.308. The summed E-state index contributed by atoms with van der Waals surface area (Å²) >= 11 is 4.43. The van der Waals surface area contributed by atoms with E-state index in [9.17, 15) is 0 Å². The number of hydrogen-bond acceptors (Lipinski definition) is 6. The third-order valence-electron chi connectivity index (χ3n) is 1.48. The average molecular weight is 195 g/mol. The molecule has 0 saturated heterocycles. The minimum atomic E-state index is -1.48. The van der Waals surface area contributed by atoms with Crippen LogP contribution in [0.15, 0.2) is 0 Å². The van der Waals surface area contributed by atoms with Gasteiger partial charge >= 0.3 is 0 Å². The van der Waals surface area contributed by atoms with Crippen molar-refractivity contribution in [2.75, 3.05) is 6.61 Å². The Kier molecular flexibility index (Phi) is 5.47. The maximum atomic E-state index is 9.14. The molecule has 0 aromatic carbocycles. The number of aliphatic hydroxyl groups is 4. The van der Waals surface area contributed by atoms with E-state index in [0.717, 1.165) is 5.37 Å². The molecule has 5 nitrogen and oxygen atoms in total. The highest BCUT2D eigenvalue weighted by Gasteiger charge is 2.27. The number of nitrogens with two attached hydrogens (primary N) is 1. The van der Waals surface area contributed by atoms with Crippen LogP contribution in [0.25, 0.3) is 0 Å². The van der Waals surface area contributed by atoms with Crippen molar-refractivity contribution in [1.82, 2.24) is 0 Å². The molecule has 0 amide bonds. The highest BCUT2D eigenvalue weighted by Crippen LogP contribution is 2.02. The van der Waals surface area contributed by atoms with Crippen LogP contribution < -0.4 is 5.73 Å². The van der Waals surface area contributed by atoms with Crippen molar-refractivity contribution in [1.29, 1.82) is 0 Å². The highest BCUT2D eigenvalue weighted by atomic mass is 32.1. The lowest BCUT2D eigenvalue weighted by Gasteiger charge is -2.23. The van der Waals surface area contributed by atoms with Crippen molar-refractivity contribution in [3.63, 3.8) is 0 Å². The first-order chi connectivity index (χ1) is 5.54. The largest absolute Gasteiger partial charge is 0.394 e. The monoisotopic (exact) mass is 195 g/mol. The topological polar surface area (TPSA) is 107 Å². The SMILES string of the molecule is N[C@@H](C=S)[C@@H](O)[C@@H](O)[C@H](O)CO. The maximum absolute atomic E-state index is 9.14. The van der Waals surface area contributed by atoms with Crippen LogP contribution in [0.3, 0.4) is 0 Å². The molecule has 0 rings (SSSR count). The fourth-order valence-corrected chi connectivity index (χ4v) is 0.805. The third-order valence-corrected chi connectivity index (χ3v) is 1.80. The van der Waals surface area contributed by atoms with Crippen molar-refractivity contribution in [3.8, 4) is 0 Å². The molecule has 72 valence electrons. The number of rotatable bonds is 5. The maximum Gasteiger partial charge on any atom is 0.110 e. The van der Waals surface area contributed by atoms with E-state index in [2.05, 4.69) is 12.2 Å². The highest BCUT2D eigenvalue weighted by molar-refractivity contribution is 7.79. The van der Waals surface area contributed by atoms with E-state index in [-0.39, 0.29) is 0 Å². The van der Waals surface area contributed by atoms with Gasteiger partial charge in [-0.05, 0) is 5.37 Å². The van der Waals surface area contributed by atoms with Gasteiger partial charge < -0.3 is 26.2 Å². The second kappa shape index (κ2) is 5.52. The standard InChI is InChI=1S/C6H13NO4S/c7-3(2-12)5(10)6(11)4(9)1-8/h2-6,8-11H,1,7H2/t3-,4+,5+,6-/m0/s1. The molecule has 6 heteroatoms. The Labute approximate surface area is 75.4 Å². The van der Waals surface area contributed by atoms with E-state index in [1.165, 1.54) is 0 Å². The van der Waals surface area contributed by atoms with Gasteiger partial charge in [-0.15, -0.1) is 0 Å². The fourth-order valence-electron chi connectivity index (χ4n) is 0.644. The summed E-state index contributed by atoms with van der Waals surface area (Å²) in [5, 5.41) is 36.6. The van der Waals surface area contributed by atoms with Crippen molar-refractivity contribution in [2.45, 2.75) is 24.4 Å². The molecule has 0 aromatic rings. The van der Waals surface area contributed by atoms with Gasteiger partial charge in [-0.3, -0.25) is 0 Å². The molecule has 0 aliphatic carbocycles. The van der Waals surface area contributed by atoms with Gasteiger partial charge in [0, 0.05) is 0 Å². The molecule has 0 heterocycles. The lowest BCUT2D eigenvalue weighted by Crippen LogP contribution is -2.49. The van der Waals surface area contributed by atoms with Gasteiger partial charge in [0.1, 0.15) is 18.3 Å². The minimum absolute atomic E-state index is 0.637. The molecule has 0 fully saturated rings. The predicted octanol–water partition coefficient (Wildman–Crippen LogP) is -2.61. The first-order valence-corrected chi connectivity index (χ1v) is 3.87. The Morgan fingerprint density at radius 1 is 1.25 bits per heavy atom. The molecule has 0 aromatic heterocycles. The Balaban J connectivity index is 4.07. The Hall–Kier alpha value is -0.110. The van der Waals surface area contributed by atoms with Gasteiger partial charge in [-0.25, -0.2) is 0 Å². The Morgan fingerprint density at radius 2 is 1.75 bits per heavy atom. The second-order valence-electron chi connectivity index (χ2n) is 2.44. The fraction of sp³-hybridized carbons (Fsp3) is 0.833. The van der Waals surface area contributed by atoms with Crippen LogP contribution in [0.1, 0.15) is 0 Å². The minimum Gasteiger partial charge on any atom is -0.394 e. The number of aliphatic hydroxyl groups excluding tert-OH is 4. The summed E-state index contributed by atoms with van der Waals surface area (Å²) in [6.07, 6.45) is -4.24. The summed E-state index contributed by atoms with van der Waals surface area (Å²) in [5.74, 6) is 0. The summed E-state index contributed by atoms with van der Waals surface area (Å²) in [6, 6.07) is -0.892. The van der Waals surface area contributed by atoms with Crippen molar-refractivity contribution < 1.29 is 20.4 Å². The van der Waals surface area contributed by atoms with Crippen LogP contribution in [0, 0.1) is 0 Å². The molecule has 0 radical (unpaired) electrons. The van der Waals surface area contributed by atoms with Gasteiger partial charge in [0.2, 0.25) is 0 Å². The summed E-state index contributed by atoms with van der Waals surface area (Å²) < 4.78 is 0. The first kappa shape index (κ1) is 11.9. The molecule has 12 heavy (non-hydrogen) atoms. The van der Waals surface area contributed by atoms with Crippen LogP contribution in [0.2, 0.25) is 0 Å². The van der Waals surface area contributed by atoms with Crippen LogP contribution in [-0.4, -0.2) is 56.8 Å². The molecular weight excluding hydrogens is 182 g/mol. The Morgan fingerprint density at radius 3 is 2.08 bits per heavy atom. The molecule has 0 saturated carbocycles. The average Bonchev–Trinajstić information content (AvgIpc) is 2.12. The van der Waals surface area contributed by atoms with E-state index in [1.54, 1.807) is 0 Å². The molecule has 0 bridgehead atoms. The van der Waals surface area contributed by atoms with Crippen molar-refractivity contribution >= 4 is 17.6 Å². The lowest BCUT2D eigenvalue weighted by molar-refractivity contribution is -0.0770. The van der Waals surface area contributed by atoms with Crippen LogP contribution >= 0.6 is 12.2 Å². The summed E-state index contributed by atoms with van der Waals surface area (Å²) in [7, 11) is 0. The van der Waals surface area contributed by atoms with Gasteiger partial charge in [-0.2, -0.15) is 0 Å². The van der Waals surface area contributed by atoms with Crippen LogP contribution in [-0.2, 0) is 0 Å². The summed E-state index contributed by atoms with van der Waals surface area (Å²) in [5.41, 5.74) is 5.25. The second-order valence-corrected chi connectivity index (χ2v) is 2.72. The molecule has 0 aliphatic rings. The normalized spacial score (nSPS) is 21.1. The van der Waals surface area contributed by atoms with Gasteiger partial charge in [-0.1, -0.05) is 12.2 Å². The van der Waals surface area contributed by atoms with E-state index in [4.69, 9.17) is 26.2 Å². The zero-order chi connectivity index (χ0) is 9.72. The Bertz CT molecular complexity index is 146. The predicted molar refractivity (Wildman–Crippen MR) is 46.7 cm³/mol. The first-order valence-electron chi connectivity index (χ1n) is 3.40. The van der Waals surface area contributed by atoms with E-state index >= 15 is 0 Å². The molecule has 4 atom stereocenters. The van der Waals surface area contributed by atoms with Crippen molar-refractivity contribution in [2.24, 2.45) is 5.73 Å². The lowest BCUT2D eigenvalue weighted by atomic mass is 10.0. The zero-order valence-electron chi connectivity index (χ0n) is 6.37. The molecule has 0 unspecified atom stereocenters. The van der Waals surface area contributed by atoms with Gasteiger partial charge in [0.05, 0.1) is 12.6 Å². The van der Waals surface area contributed by atoms with E-state index in [0.29, 0.717) is 0 Å². The van der Waals surface area contributed by atoms with E-state index < -0.39 is 31.0 Å². The number of hydrogen-bond donors (Lipinski definition) is 5. The van der Waals surface area contributed by atoms with Gasteiger partial charge in [0.15, 0.2) is 0 Å².